The summed E-state index contributed by atoms with van der Waals surface area (Å²) in [6.07, 6.45) is 4.12. The molecule has 1 aliphatic rings. The van der Waals surface area contributed by atoms with Crippen LogP contribution in [0.5, 0.6) is 0 Å². The lowest BCUT2D eigenvalue weighted by atomic mass is 10.0. The van der Waals surface area contributed by atoms with Crippen LogP contribution in [0.25, 0.3) is 0 Å². The summed E-state index contributed by atoms with van der Waals surface area (Å²) in [5.74, 6) is 1.71. The Kier molecular flexibility index (Phi) is 4.24. The van der Waals surface area contributed by atoms with E-state index in [1.54, 1.807) is 0 Å². The second-order valence-electron chi connectivity index (χ2n) is 3.57. The molecule has 11 heavy (non-hydrogen) atoms. The van der Waals surface area contributed by atoms with Gasteiger partial charge in [0.1, 0.15) is 0 Å². The minimum atomic E-state index is 0.786. The Hall–Kier alpha value is 0.250. The smallest absolute Gasteiger partial charge is 0.0351 e. The molecule has 1 fully saturated rings. The van der Waals surface area contributed by atoms with E-state index in [0.29, 0.717) is 0 Å². The predicted octanol–water partition coefficient (Wildman–Crippen LogP) is 2.35. The van der Waals surface area contributed by atoms with Crippen LogP contribution < -0.4 is 0 Å². The first-order chi connectivity index (χ1) is 5.33. The highest BCUT2D eigenvalue weighted by molar-refractivity contribution is 6.18. The molecule has 66 valence electrons. The highest BCUT2D eigenvalue weighted by Gasteiger charge is 2.12. The Bertz CT molecular complexity index is 106. The Morgan fingerprint density at radius 1 is 1.36 bits per heavy atom. The zero-order valence-corrected chi connectivity index (χ0v) is 8.11. The van der Waals surface area contributed by atoms with Gasteiger partial charge in [-0.25, -0.2) is 0 Å². The van der Waals surface area contributed by atoms with Crippen molar-refractivity contribution >= 4 is 11.6 Å². The van der Waals surface area contributed by atoms with E-state index < -0.39 is 0 Å². The molecular formula is C9H18ClN. The highest BCUT2D eigenvalue weighted by Crippen LogP contribution is 2.15. The van der Waals surface area contributed by atoms with Crippen LogP contribution in [0.15, 0.2) is 0 Å². The van der Waals surface area contributed by atoms with Crippen LogP contribution in [0.4, 0.5) is 0 Å². The van der Waals surface area contributed by atoms with Gasteiger partial charge in [0, 0.05) is 12.4 Å². The van der Waals surface area contributed by atoms with Gasteiger partial charge in [-0.1, -0.05) is 6.92 Å². The Labute approximate surface area is 74.7 Å². The molecule has 0 saturated carbocycles. The molecule has 1 saturated heterocycles. The SMILES string of the molecule is CC1CCCN(CCCl)CC1. The number of hydrogen-bond donors (Lipinski definition) is 0. The van der Waals surface area contributed by atoms with Crippen molar-refractivity contribution in [3.63, 3.8) is 0 Å². The molecule has 0 spiro atoms. The summed E-state index contributed by atoms with van der Waals surface area (Å²) in [6.45, 7) is 5.95. The van der Waals surface area contributed by atoms with E-state index in [9.17, 15) is 0 Å². The molecule has 1 nitrogen and oxygen atoms in total. The van der Waals surface area contributed by atoms with Gasteiger partial charge >= 0.3 is 0 Å². The van der Waals surface area contributed by atoms with Crippen LogP contribution in [-0.4, -0.2) is 30.4 Å². The standard InChI is InChI=1S/C9H18ClN/c1-9-3-2-6-11(7-4-9)8-5-10/h9H,2-8H2,1H3. The molecule has 0 N–H and O–H groups in total. The first-order valence-corrected chi connectivity index (χ1v) is 5.14. The summed E-state index contributed by atoms with van der Waals surface area (Å²) in [5, 5.41) is 0. The van der Waals surface area contributed by atoms with Crippen LogP contribution in [0.3, 0.4) is 0 Å². The summed E-state index contributed by atoms with van der Waals surface area (Å²) < 4.78 is 0. The van der Waals surface area contributed by atoms with Gasteiger partial charge in [-0.05, 0) is 38.3 Å². The van der Waals surface area contributed by atoms with Gasteiger partial charge in [0.25, 0.3) is 0 Å². The molecule has 0 aliphatic carbocycles. The Balaban J connectivity index is 2.22. The van der Waals surface area contributed by atoms with E-state index in [1.807, 2.05) is 0 Å². The first-order valence-electron chi connectivity index (χ1n) is 4.61. The number of halogens is 1. The first kappa shape index (κ1) is 9.34. The molecule has 0 aromatic carbocycles. The second-order valence-corrected chi connectivity index (χ2v) is 3.94. The maximum absolute atomic E-state index is 5.68. The van der Waals surface area contributed by atoms with Gasteiger partial charge in [-0.15, -0.1) is 11.6 Å². The van der Waals surface area contributed by atoms with Crippen LogP contribution in [-0.2, 0) is 0 Å². The molecule has 0 amide bonds. The molecule has 0 bridgehead atoms. The normalized spacial score (nSPS) is 28.4. The average molecular weight is 176 g/mol. The fourth-order valence-electron chi connectivity index (χ4n) is 1.67. The van der Waals surface area contributed by atoms with Crippen molar-refractivity contribution in [1.82, 2.24) is 4.90 Å². The molecule has 0 aromatic rings. The van der Waals surface area contributed by atoms with E-state index in [0.717, 1.165) is 18.3 Å². The highest BCUT2D eigenvalue weighted by atomic mass is 35.5. The molecule has 1 aliphatic heterocycles. The molecule has 0 aromatic heterocycles. The third-order valence-corrected chi connectivity index (χ3v) is 2.68. The van der Waals surface area contributed by atoms with E-state index >= 15 is 0 Å². The molecule has 2 heteroatoms. The molecule has 1 heterocycles. The topological polar surface area (TPSA) is 3.24 Å². The fraction of sp³-hybridized carbons (Fsp3) is 1.00. The quantitative estimate of drug-likeness (QED) is 0.583. The lowest BCUT2D eigenvalue weighted by Crippen LogP contribution is -2.26. The molecular weight excluding hydrogens is 158 g/mol. The van der Waals surface area contributed by atoms with Crippen molar-refractivity contribution in [3.8, 4) is 0 Å². The van der Waals surface area contributed by atoms with Gasteiger partial charge in [0.05, 0.1) is 0 Å². The minimum absolute atomic E-state index is 0.786. The summed E-state index contributed by atoms with van der Waals surface area (Å²) in [4.78, 5) is 2.48. The zero-order chi connectivity index (χ0) is 8.10. The monoisotopic (exact) mass is 175 g/mol. The lowest BCUT2D eigenvalue weighted by molar-refractivity contribution is 0.299. The Morgan fingerprint density at radius 3 is 2.91 bits per heavy atom. The molecule has 1 atom stereocenters. The third-order valence-electron chi connectivity index (χ3n) is 2.51. The van der Waals surface area contributed by atoms with E-state index in [1.165, 1.54) is 32.4 Å². The number of rotatable bonds is 2. The summed E-state index contributed by atoms with van der Waals surface area (Å²) >= 11 is 5.68. The van der Waals surface area contributed by atoms with Crippen molar-refractivity contribution in [2.75, 3.05) is 25.5 Å². The predicted molar refractivity (Wildman–Crippen MR) is 50.2 cm³/mol. The van der Waals surface area contributed by atoms with Crippen LogP contribution >= 0.6 is 11.6 Å². The number of nitrogens with zero attached hydrogens (tertiary/aromatic N) is 1. The fourth-order valence-corrected chi connectivity index (χ4v) is 1.90. The van der Waals surface area contributed by atoms with Crippen molar-refractivity contribution in [2.45, 2.75) is 26.2 Å². The number of hydrogen-bond acceptors (Lipinski definition) is 1. The second kappa shape index (κ2) is 5.00. The summed E-state index contributed by atoms with van der Waals surface area (Å²) in [6, 6.07) is 0. The van der Waals surface area contributed by atoms with E-state index in [4.69, 9.17) is 11.6 Å². The third kappa shape index (κ3) is 3.44. The van der Waals surface area contributed by atoms with E-state index in [-0.39, 0.29) is 0 Å². The van der Waals surface area contributed by atoms with Gasteiger partial charge in [0.15, 0.2) is 0 Å². The van der Waals surface area contributed by atoms with Crippen LogP contribution in [0.1, 0.15) is 26.2 Å². The Morgan fingerprint density at radius 2 is 2.18 bits per heavy atom. The van der Waals surface area contributed by atoms with E-state index in [2.05, 4.69) is 11.8 Å². The molecule has 0 radical (unpaired) electrons. The van der Waals surface area contributed by atoms with Crippen molar-refractivity contribution in [3.05, 3.63) is 0 Å². The molecule has 1 rings (SSSR count). The van der Waals surface area contributed by atoms with Gasteiger partial charge in [-0.3, -0.25) is 0 Å². The maximum Gasteiger partial charge on any atom is 0.0351 e. The minimum Gasteiger partial charge on any atom is -0.302 e. The number of alkyl halides is 1. The van der Waals surface area contributed by atoms with Gasteiger partial charge in [0.2, 0.25) is 0 Å². The van der Waals surface area contributed by atoms with Crippen molar-refractivity contribution in [2.24, 2.45) is 5.92 Å². The van der Waals surface area contributed by atoms with Crippen LogP contribution in [0, 0.1) is 5.92 Å². The zero-order valence-electron chi connectivity index (χ0n) is 7.35. The molecule has 1 unspecified atom stereocenters. The van der Waals surface area contributed by atoms with Gasteiger partial charge < -0.3 is 4.90 Å². The lowest BCUT2D eigenvalue weighted by Gasteiger charge is -2.17. The van der Waals surface area contributed by atoms with Gasteiger partial charge in [-0.2, -0.15) is 0 Å². The van der Waals surface area contributed by atoms with Crippen molar-refractivity contribution in [1.29, 1.82) is 0 Å². The largest absolute Gasteiger partial charge is 0.302 e. The summed E-state index contributed by atoms with van der Waals surface area (Å²) in [7, 11) is 0. The maximum atomic E-state index is 5.68. The average Bonchev–Trinajstić information content (AvgIpc) is 2.17. The number of likely N-dealkylation sites (tertiary alicyclic amines) is 1. The van der Waals surface area contributed by atoms with Crippen LogP contribution in [0.2, 0.25) is 0 Å². The van der Waals surface area contributed by atoms with Crippen molar-refractivity contribution < 1.29 is 0 Å². The summed E-state index contributed by atoms with van der Waals surface area (Å²) in [5.41, 5.74) is 0.